The van der Waals surface area contributed by atoms with Crippen molar-refractivity contribution in [1.29, 1.82) is 0 Å². The molecular formula is C21H23N3O2. The Morgan fingerprint density at radius 3 is 2.46 bits per heavy atom. The van der Waals surface area contributed by atoms with E-state index in [1.54, 1.807) is 17.3 Å². The molecule has 0 bridgehead atoms. The Kier molecular flexibility index (Phi) is 5.81. The van der Waals surface area contributed by atoms with Crippen molar-refractivity contribution < 1.29 is 9.90 Å². The van der Waals surface area contributed by atoms with Gasteiger partial charge in [-0.1, -0.05) is 13.0 Å². The van der Waals surface area contributed by atoms with E-state index in [9.17, 15) is 9.90 Å². The van der Waals surface area contributed by atoms with Crippen molar-refractivity contribution in [2.75, 3.05) is 6.61 Å². The van der Waals surface area contributed by atoms with Gasteiger partial charge >= 0.3 is 0 Å². The number of benzene rings is 1. The molecule has 1 atom stereocenters. The Hall–Kier alpha value is -2.92. The number of carbonyl (C=O) groups excluding carboxylic acids is 1. The first kappa shape index (κ1) is 17.9. The van der Waals surface area contributed by atoms with Crippen molar-refractivity contribution in [3.63, 3.8) is 0 Å². The summed E-state index contributed by atoms with van der Waals surface area (Å²) in [5.74, 6) is -0.0891. The van der Waals surface area contributed by atoms with Gasteiger partial charge in [0.05, 0.1) is 12.6 Å². The number of aliphatic hydroxyl groups excluding tert-OH is 1. The summed E-state index contributed by atoms with van der Waals surface area (Å²) in [6.07, 6.45) is 8.07. The summed E-state index contributed by atoms with van der Waals surface area (Å²) in [6.45, 7) is 2.33. The van der Waals surface area contributed by atoms with Gasteiger partial charge in [-0.15, -0.1) is 0 Å². The van der Waals surface area contributed by atoms with Crippen LogP contribution in [0.5, 0.6) is 0 Å². The van der Waals surface area contributed by atoms with Gasteiger partial charge in [-0.05, 0) is 54.4 Å². The van der Waals surface area contributed by atoms with Crippen LogP contribution in [0.15, 0.2) is 73.3 Å². The molecule has 26 heavy (non-hydrogen) atoms. The molecule has 0 fully saturated rings. The predicted molar refractivity (Wildman–Crippen MR) is 101 cm³/mol. The van der Waals surface area contributed by atoms with Crippen LogP contribution in [-0.4, -0.2) is 38.1 Å². The predicted octanol–water partition coefficient (Wildman–Crippen LogP) is 3.29. The van der Waals surface area contributed by atoms with E-state index in [4.69, 9.17) is 0 Å². The van der Waals surface area contributed by atoms with Gasteiger partial charge in [0.15, 0.2) is 0 Å². The monoisotopic (exact) mass is 349 g/mol. The summed E-state index contributed by atoms with van der Waals surface area (Å²) in [5.41, 5.74) is 2.55. The lowest BCUT2D eigenvalue weighted by Crippen LogP contribution is -2.41. The maximum absolute atomic E-state index is 13.1. The number of hydrogen-bond donors (Lipinski definition) is 1. The average Bonchev–Trinajstić information content (AvgIpc) is 3.23. The van der Waals surface area contributed by atoms with Gasteiger partial charge < -0.3 is 14.6 Å². The molecule has 3 aromatic rings. The standard InChI is InChI=1S/C21H23N3O2/c1-2-19(16-25)24(15-17-6-5-11-22-14-17)21(26)18-7-9-20(10-8-18)23-12-3-4-13-23/h3-14,19,25H,2,15-16H2,1H3/t19-/m0/s1. The second-order valence-electron chi connectivity index (χ2n) is 6.18. The van der Waals surface area contributed by atoms with E-state index in [-0.39, 0.29) is 18.6 Å². The Balaban J connectivity index is 1.84. The molecule has 2 heterocycles. The summed E-state index contributed by atoms with van der Waals surface area (Å²) in [7, 11) is 0. The summed E-state index contributed by atoms with van der Waals surface area (Å²) in [4.78, 5) is 18.9. The molecule has 0 saturated carbocycles. The Labute approximate surface area is 153 Å². The Bertz CT molecular complexity index is 810. The minimum Gasteiger partial charge on any atom is -0.394 e. The highest BCUT2D eigenvalue weighted by atomic mass is 16.3. The minimum absolute atomic E-state index is 0.0655. The molecular weight excluding hydrogens is 326 g/mol. The smallest absolute Gasteiger partial charge is 0.254 e. The van der Waals surface area contributed by atoms with Crippen LogP contribution in [0, 0.1) is 0 Å². The summed E-state index contributed by atoms with van der Waals surface area (Å²) >= 11 is 0. The normalized spacial score (nSPS) is 11.9. The van der Waals surface area contributed by atoms with E-state index in [2.05, 4.69) is 4.98 Å². The van der Waals surface area contributed by atoms with Gasteiger partial charge in [-0.2, -0.15) is 0 Å². The lowest BCUT2D eigenvalue weighted by Gasteiger charge is -2.30. The second kappa shape index (κ2) is 8.45. The summed E-state index contributed by atoms with van der Waals surface area (Å²) in [5, 5.41) is 9.73. The van der Waals surface area contributed by atoms with Crippen molar-refractivity contribution in [3.05, 3.63) is 84.4 Å². The van der Waals surface area contributed by atoms with Crippen LogP contribution in [0.25, 0.3) is 5.69 Å². The van der Waals surface area contributed by atoms with Crippen LogP contribution >= 0.6 is 0 Å². The van der Waals surface area contributed by atoms with Gasteiger partial charge in [0, 0.05) is 42.6 Å². The average molecular weight is 349 g/mol. The molecule has 0 saturated heterocycles. The maximum Gasteiger partial charge on any atom is 0.254 e. The number of carbonyl (C=O) groups is 1. The van der Waals surface area contributed by atoms with Gasteiger partial charge in [0.2, 0.25) is 0 Å². The highest BCUT2D eigenvalue weighted by Crippen LogP contribution is 2.17. The zero-order valence-corrected chi connectivity index (χ0v) is 14.8. The second-order valence-corrected chi connectivity index (χ2v) is 6.18. The van der Waals surface area contributed by atoms with Crippen LogP contribution in [0.4, 0.5) is 0 Å². The first-order valence-corrected chi connectivity index (χ1v) is 8.77. The third kappa shape index (κ3) is 4.00. The lowest BCUT2D eigenvalue weighted by atomic mass is 10.1. The van der Waals surface area contributed by atoms with Crippen LogP contribution in [0.2, 0.25) is 0 Å². The molecule has 5 nitrogen and oxygen atoms in total. The highest BCUT2D eigenvalue weighted by molar-refractivity contribution is 5.94. The van der Waals surface area contributed by atoms with E-state index < -0.39 is 0 Å². The number of rotatable bonds is 7. The minimum atomic E-state index is -0.230. The van der Waals surface area contributed by atoms with Crippen molar-refractivity contribution >= 4 is 5.91 Å². The molecule has 5 heteroatoms. The summed E-state index contributed by atoms with van der Waals surface area (Å²) in [6, 6.07) is 15.0. The third-order valence-corrected chi connectivity index (χ3v) is 4.48. The quantitative estimate of drug-likeness (QED) is 0.712. The van der Waals surface area contributed by atoms with Gasteiger partial charge in [0.25, 0.3) is 5.91 Å². The van der Waals surface area contributed by atoms with Crippen LogP contribution < -0.4 is 0 Å². The van der Waals surface area contributed by atoms with Crippen LogP contribution in [-0.2, 0) is 6.54 Å². The van der Waals surface area contributed by atoms with Crippen molar-refractivity contribution in [2.45, 2.75) is 25.9 Å². The molecule has 3 rings (SSSR count). The van der Waals surface area contributed by atoms with Crippen LogP contribution in [0.3, 0.4) is 0 Å². The zero-order chi connectivity index (χ0) is 18.4. The molecule has 134 valence electrons. The zero-order valence-electron chi connectivity index (χ0n) is 14.8. The van der Waals surface area contributed by atoms with E-state index in [0.717, 1.165) is 11.3 Å². The number of pyridine rings is 1. The first-order chi connectivity index (χ1) is 12.7. The largest absolute Gasteiger partial charge is 0.394 e. The lowest BCUT2D eigenvalue weighted by molar-refractivity contribution is 0.0563. The molecule has 0 unspecified atom stereocenters. The third-order valence-electron chi connectivity index (χ3n) is 4.48. The fraction of sp³-hybridized carbons (Fsp3) is 0.238. The van der Waals surface area contributed by atoms with Gasteiger partial charge in [-0.25, -0.2) is 0 Å². The van der Waals surface area contributed by atoms with E-state index in [0.29, 0.717) is 18.5 Å². The Morgan fingerprint density at radius 2 is 1.88 bits per heavy atom. The molecule has 2 aromatic heterocycles. The topological polar surface area (TPSA) is 58.4 Å². The SMILES string of the molecule is CC[C@@H](CO)N(Cc1cccnc1)C(=O)c1ccc(-n2cccc2)cc1. The number of amides is 1. The molecule has 0 aliphatic carbocycles. The van der Waals surface area contributed by atoms with Crippen molar-refractivity contribution in [2.24, 2.45) is 0 Å². The summed E-state index contributed by atoms with van der Waals surface area (Å²) < 4.78 is 1.99. The van der Waals surface area contributed by atoms with Gasteiger partial charge in [-0.3, -0.25) is 9.78 Å². The van der Waals surface area contributed by atoms with E-state index >= 15 is 0 Å². The highest BCUT2D eigenvalue weighted by Gasteiger charge is 2.23. The fourth-order valence-corrected chi connectivity index (χ4v) is 2.95. The molecule has 0 radical (unpaired) electrons. The van der Waals surface area contributed by atoms with E-state index in [1.165, 1.54) is 0 Å². The molecule has 0 aliphatic rings. The number of hydrogen-bond acceptors (Lipinski definition) is 3. The Morgan fingerprint density at radius 1 is 1.15 bits per heavy atom. The molecule has 1 amide bonds. The maximum atomic E-state index is 13.1. The van der Waals surface area contributed by atoms with Gasteiger partial charge in [0.1, 0.15) is 0 Å². The molecule has 1 aromatic carbocycles. The van der Waals surface area contributed by atoms with Crippen molar-refractivity contribution in [3.8, 4) is 5.69 Å². The van der Waals surface area contributed by atoms with Crippen LogP contribution in [0.1, 0.15) is 29.3 Å². The molecule has 1 N–H and O–H groups in total. The number of aromatic nitrogens is 2. The number of nitrogens with zero attached hydrogens (tertiary/aromatic N) is 3. The number of aliphatic hydroxyl groups is 1. The molecule has 0 spiro atoms. The van der Waals surface area contributed by atoms with Crippen molar-refractivity contribution in [1.82, 2.24) is 14.5 Å². The molecule has 0 aliphatic heterocycles. The first-order valence-electron chi connectivity index (χ1n) is 8.77. The van der Waals surface area contributed by atoms with E-state index in [1.807, 2.05) is 72.4 Å². The fourth-order valence-electron chi connectivity index (χ4n) is 2.95.